The highest BCUT2D eigenvalue weighted by molar-refractivity contribution is 5.99. The molecule has 0 saturated carbocycles. The van der Waals surface area contributed by atoms with E-state index < -0.39 is 0 Å². The van der Waals surface area contributed by atoms with E-state index in [1.54, 1.807) is 18.2 Å². The first-order valence-corrected chi connectivity index (χ1v) is 5.83. The number of Topliss-reactive ketones (excluding diaryl/α,β-unsaturated/α-hetero) is 1. The predicted octanol–water partition coefficient (Wildman–Crippen LogP) is 3.29. The quantitative estimate of drug-likeness (QED) is 0.643. The van der Waals surface area contributed by atoms with Crippen LogP contribution in [-0.4, -0.2) is 12.4 Å². The fourth-order valence-corrected chi connectivity index (χ4v) is 1.43. The standard InChI is InChI=1S/C14H21NO2/c1-10(16)12-6-5-11(9-13(12)15)17-8-7-14(2,3)4/h5-6,9H,7-8,15H2,1-4H3. The van der Waals surface area contributed by atoms with E-state index in [-0.39, 0.29) is 11.2 Å². The number of benzene rings is 1. The first kappa shape index (κ1) is 13.6. The molecule has 1 aromatic rings. The molecule has 0 aliphatic carbocycles. The second-order valence-electron chi connectivity index (χ2n) is 5.46. The number of hydrogen-bond acceptors (Lipinski definition) is 3. The van der Waals surface area contributed by atoms with Crippen molar-refractivity contribution in [3.05, 3.63) is 23.8 Å². The van der Waals surface area contributed by atoms with Gasteiger partial charge in [-0.05, 0) is 30.9 Å². The molecule has 1 rings (SSSR count). The largest absolute Gasteiger partial charge is 0.493 e. The Morgan fingerprint density at radius 1 is 1.35 bits per heavy atom. The zero-order chi connectivity index (χ0) is 13.1. The van der Waals surface area contributed by atoms with Gasteiger partial charge in [-0.2, -0.15) is 0 Å². The van der Waals surface area contributed by atoms with Gasteiger partial charge in [-0.25, -0.2) is 0 Å². The molecule has 3 nitrogen and oxygen atoms in total. The van der Waals surface area contributed by atoms with E-state index in [2.05, 4.69) is 20.8 Å². The van der Waals surface area contributed by atoms with Crippen LogP contribution < -0.4 is 10.5 Å². The first-order valence-electron chi connectivity index (χ1n) is 5.83. The van der Waals surface area contributed by atoms with E-state index in [1.165, 1.54) is 6.92 Å². The van der Waals surface area contributed by atoms with Crippen LogP contribution in [0.25, 0.3) is 0 Å². The van der Waals surface area contributed by atoms with Gasteiger partial charge < -0.3 is 10.5 Å². The van der Waals surface area contributed by atoms with Crippen LogP contribution in [-0.2, 0) is 0 Å². The molecular weight excluding hydrogens is 214 g/mol. The summed E-state index contributed by atoms with van der Waals surface area (Å²) in [5, 5.41) is 0. The summed E-state index contributed by atoms with van der Waals surface area (Å²) < 4.78 is 5.61. The molecule has 3 heteroatoms. The number of carbonyl (C=O) groups is 1. The fraction of sp³-hybridized carbons (Fsp3) is 0.500. The summed E-state index contributed by atoms with van der Waals surface area (Å²) in [6, 6.07) is 5.21. The van der Waals surface area contributed by atoms with Gasteiger partial charge in [0.15, 0.2) is 5.78 Å². The minimum atomic E-state index is -0.0243. The molecule has 2 N–H and O–H groups in total. The zero-order valence-corrected chi connectivity index (χ0v) is 11.0. The van der Waals surface area contributed by atoms with E-state index >= 15 is 0 Å². The predicted molar refractivity (Wildman–Crippen MR) is 70.4 cm³/mol. The lowest BCUT2D eigenvalue weighted by molar-refractivity contribution is 0.101. The van der Waals surface area contributed by atoms with E-state index in [0.29, 0.717) is 17.9 Å². The number of carbonyl (C=O) groups excluding carboxylic acids is 1. The Hall–Kier alpha value is -1.51. The molecule has 0 amide bonds. The van der Waals surface area contributed by atoms with Crippen LogP contribution in [0.2, 0.25) is 0 Å². The third-order valence-electron chi connectivity index (χ3n) is 2.52. The third kappa shape index (κ3) is 4.47. The molecular formula is C14H21NO2. The summed E-state index contributed by atoms with van der Waals surface area (Å²) in [4.78, 5) is 11.2. The highest BCUT2D eigenvalue weighted by Crippen LogP contribution is 2.22. The number of nitrogen functional groups attached to an aromatic ring is 1. The number of ketones is 1. The molecule has 94 valence electrons. The van der Waals surface area contributed by atoms with Gasteiger partial charge in [0, 0.05) is 17.3 Å². The van der Waals surface area contributed by atoms with Crippen molar-refractivity contribution in [3.63, 3.8) is 0 Å². The van der Waals surface area contributed by atoms with Crippen molar-refractivity contribution in [2.45, 2.75) is 34.1 Å². The fourth-order valence-electron chi connectivity index (χ4n) is 1.43. The monoisotopic (exact) mass is 235 g/mol. The van der Waals surface area contributed by atoms with Crippen molar-refractivity contribution < 1.29 is 9.53 Å². The van der Waals surface area contributed by atoms with Crippen LogP contribution in [0.15, 0.2) is 18.2 Å². The molecule has 0 bridgehead atoms. The molecule has 0 heterocycles. The van der Waals surface area contributed by atoms with Crippen LogP contribution in [0, 0.1) is 5.41 Å². The molecule has 0 aliphatic heterocycles. The molecule has 0 unspecified atom stereocenters. The van der Waals surface area contributed by atoms with Gasteiger partial charge in [-0.3, -0.25) is 4.79 Å². The highest BCUT2D eigenvalue weighted by atomic mass is 16.5. The summed E-state index contributed by atoms with van der Waals surface area (Å²) in [6.45, 7) is 8.67. The number of rotatable bonds is 4. The van der Waals surface area contributed by atoms with E-state index in [1.807, 2.05) is 0 Å². The summed E-state index contributed by atoms with van der Waals surface area (Å²) in [5.41, 5.74) is 7.06. The van der Waals surface area contributed by atoms with Crippen molar-refractivity contribution in [1.82, 2.24) is 0 Å². The SMILES string of the molecule is CC(=O)c1ccc(OCCC(C)(C)C)cc1N. The van der Waals surface area contributed by atoms with E-state index in [4.69, 9.17) is 10.5 Å². The second-order valence-corrected chi connectivity index (χ2v) is 5.46. The maximum absolute atomic E-state index is 11.2. The first-order chi connectivity index (χ1) is 7.79. The third-order valence-corrected chi connectivity index (χ3v) is 2.52. The van der Waals surface area contributed by atoms with Gasteiger partial charge in [0.2, 0.25) is 0 Å². The molecule has 0 spiro atoms. The highest BCUT2D eigenvalue weighted by Gasteiger charge is 2.10. The maximum atomic E-state index is 11.2. The van der Waals surface area contributed by atoms with E-state index in [0.717, 1.165) is 12.2 Å². The molecule has 0 fully saturated rings. The normalized spacial score (nSPS) is 11.3. The molecule has 0 aromatic heterocycles. The van der Waals surface area contributed by atoms with Crippen LogP contribution in [0.5, 0.6) is 5.75 Å². The Morgan fingerprint density at radius 3 is 2.47 bits per heavy atom. The molecule has 17 heavy (non-hydrogen) atoms. The van der Waals surface area contributed by atoms with Crippen molar-refractivity contribution in [2.75, 3.05) is 12.3 Å². The molecule has 0 atom stereocenters. The van der Waals surface area contributed by atoms with Crippen molar-refractivity contribution >= 4 is 11.5 Å². The van der Waals surface area contributed by atoms with Crippen LogP contribution in [0.4, 0.5) is 5.69 Å². The van der Waals surface area contributed by atoms with E-state index in [9.17, 15) is 4.79 Å². The van der Waals surface area contributed by atoms with Gasteiger partial charge in [0.1, 0.15) is 5.75 Å². The van der Waals surface area contributed by atoms with Gasteiger partial charge in [-0.1, -0.05) is 20.8 Å². The Morgan fingerprint density at radius 2 is 2.00 bits per heavy atom. The molecule has 0 saturated heterocycles. The molecule has 0 radical (unpaired) electrons. The number of nitrogens with two attached hydrogens (primary N) is 1. The van der Waals surface area contributed by atoms with Crippen molar-refractivity contribution in [2.24, 2.45) is 5.41 Å². The Kier molecular flexibility index (Phi) is 4.16. The minimum Gasteiger partial charge on any atom is -0.493 e. The second kappa shape index (κ2) is 5.21. The van der Waals surface area contributed by atoms with Gasteiger partial charge in [-0.15, -0.1) is 0 Å². The summed E-state index contributed by atoms with van der Waals surface area (Å²) >= 11 is 0. The average molecular weight is 235 g/mol. The molecule has 1 aromatic carbocycles. The summed E-state index contributed by atoms with van der Waals surface area (Å²) in [7, 11) is 0. The zero-order valence-electron chi connectivity index (χ0n) is 11.0. The van der Waals surface area contributed by atoms with Gasteiger partial charge >= 0.3 is 0 Å². The lowest BCUT2D eigenvalue weighted by Crippen LogP contribution is -2.11. The Balaban J connectivity index is 2.62. The van der Waals surface area contributed by atoms with Gasteiger partial charge in [0.25, 0.3) is 0 Å². The summed E-state index contributed by atoms with van der Waals surface area (Å²) in [5.74, 6) is 0.695. The number of ether oxygens (including phenoxy) is 1. The number of hydrogen-bond donors (Lipinski definition) is 1. The lowest BCUT2D eigenvalue weighted by Gasteiger charge is -2.18. The minimum absolute atomic E-state index is 0.0243. The van der Waals surface area contributed by atoms with Gasteiger partial charge in [0.05, 0.1) is 6.61 Å². The maximum Gasteiger partial charge on any atom is 0.161 e. The van der Waals surface area contributed by atoms with Crippen molar-refractivity contribution in [1.29, 1.82) is 0 Å². The lowest BCUT2D eigenvalue weighted by atomic mass is 9.93. The van der Waals surface area contributed by atoms with Crippen LogP contribution >= 0.6 is 0 Å². The summed E-state index contributed by atoms with van der Waals surface area (Å²) in [6.07, 6.45) is 0.974. The Bertz CT molecular complexity index is 405. The number of anilines is 1. The van der Waals surface area contributed by atoms with Crippen LogP contribution in [0.1, 0.15) is 44.5 Å². The van der Waals surface area contributed by atoms with Crippen LogP contribution in [0.3, 0.4) is 0 Å². The molecule has 0 aliphatic rings. The smallest absolute Gasteiger partial charge is 0.161 e. The average Bonchev–Trinajstić information content (AvgIpc) is 2.15. The van der Waals surface area contributed by atoms with Crippen molar-refractivity contribution in [3.8, 4) is 5.75 Å². The Labute approximate surface area is 103 Å². The topological polar surface area (TPSA) is 52.3 Å².